The molecule has 2 rings (SSSR count). The lowest BCUT2D eigenvalue weighted by Gasteiger charge is -2.29. The van der Waals surface area contributed by atoms with Gasteiger partial charge in [0.25, 0.3) is 0 Å². The predicted molar refractivity (Wildman–Crippen MR) is 104 cm³/mol. The smallest absolute Gasteiger partial charge is 0.243 e. The quantitative estimate of drug-likeness (QED) is 0.735. The normalized spacial score (nSPS) is 17.2. The number of ether oxygens (including phenoxy) is 1. The summed E-state index contributed by atoms with van der Waals surface area (Å²) in [5.41, 5.74) is 0.458. The number of benzene rings is 1. The van der Waals surface area contributed by atoms with Crippen molar-refractivity contribution >= 4 is 21.6 Å². The van der Waals surface area contributed by atoms with E-state index in [0.29, 0.717) is 18.0 Å². The summed E-state index contributed by atoms with van der Waals surface area (Å²) in [6, 6.07) is 6.09. The second-order valence-electron chi connectivity index (χ2n) is 6.86. The summed E-state index contributed by atoms with van der Waals surface area (Å²) < 4.78 is 31.3. The van der Waals surface area contributed by atoms with Gasteiger partial charge >= 0.3 is 0 Å². The molecule has 1 atom stereocenters. The second-order valence-corrected chi connectivity index (χ2v) is 8.72. The third-order valence-electron chi connectivity index (χ3n) is 4.69. The lowest BCUT2D eigenvalue weighted by molar-refractivity contribution is -0.122. The van der Waals surface area contributed by atoms with Gasteiger partial charge in [0.1, 0.15) is 11.8 Å². The van der Waals surface area contributed by atoms with Crippen molar-refractivity contribution in [3.8, 4) is 5.75 Å². The molecular weight excluding hydrogens is 352 g/mol. The molecule has 1 amide bonds. The minimum atomic E-state index is -3.60. The molecule has 146 valence electrons. The van der Waals surface area contributed by atoms with Crippen LogP contribution in [0.5, 0.6) is 5.75 Å². The lowest BCUT2D eigenvalue weighted by Crippen LogP contribution is -2.50. The van der Waals surface area contributed by atoms with Gasteiger partial charge in [-0.15, -0.1) is 0 Å². The van der Waals surface area contributed by atoms with Gasteiger partial charge in [-0.3, -0.25) is 9.10 Å². The van der Waals surface area contributed by atoms with Crippen LogP contribution in [0, 0.1) is 0 Å². The molecule has 6 nitrogen and oxygen atoms in total. The number of hydrogen-bond acceptors (Lipinski definition) is 4. The summed E-state index contributed by atoms with van der Waals surface area (Å²) >= 11 is 0. The van der Waals surface area contributed by atoms with Crippen molar-refractivity contribution in [2.24, 2.45) is 0 Å². The van der Waals surface area contributed by atoms with Gasteiger partial charge in [0, 0.05) is 6.04 Å². The predicted octanol–water partition coefficient (Wildman–Crippen LogP) is 3.08. The fourth-order valence-corrected chi connectivity index (χ4v) is 4.59. The molecule has 1 N–H and O–H groups in total. The van der Waals surface area contributed by atoms with E-state index in [2.05, 4.69) is 5.32 Å². The van der Waals surface area contributed by atoms with Crippen LogP contribution in [0.3, 0.4) is 0 Å². The largest absolute Gasteiger partial charge is 0.494 e. The molecule has 7 heteroatoms. The molecule has 0 saturated heterocycles. The molecule has 0 spiro atoms. The Kier molecular flexibility index (Phi) is 7.32. The standard InChI is InChI=1S/C19H30N2O4S/c1-4-25-18-13-11-17(12-14-18)21(26(3,23)24)15(2)19(22)20-16-9-7-5-6-8-10-16/h11-16H,4-10H2,1-3H3,(H,20,22)/t15-/m1/s1. The molecule has 26 heavy (non-hydrogen) atoms. The number of nitrogens with one attached hydrogen (secondary N) is 1. The molecule has 0 radical (unpaired) electrons. The molecule has 1 aromatic rings. The summed E-state index contributed by atoms with van der Waals surface area (Å²) in [6.07, 6.45) is 7.65. The zero-order chi connectivity index (χ0) is 19.2. The Balaban J connectivity index is 2.15. The highest BCUT2D eigenvalue weighted by Gasteiger charge is 2.30. The van der Waals surface area contributed by atoms with Gasteiger partial charge in [0.15, 0.2) is 0 Å². The second kappa shape index (κ2) is 9.26. The van der Waals surface area contributed by atoms with Crippen LogP contribution in [-0.4, -0.2) is 39.3 Å². The van der Waals surface area contributed by atoms with Gasteiger partial charge in [-0.1, -0.05) is 25.7 Å². The number of nitrogens with zero attached hydrogens (tertiary/aromatic N) is 1. The molecule has 0 aliphatic heterocycles. The first-order valence-electron chi connectivity index (χ1n) is 9.35. The van der Waals surface area contributed by atoms with E-state index in [1.165, 1.54) is 17.1 Å². The summed E-state index contributed by atoms with van der Waals surface area (Å²) in [4.78, 5) is 12.7. The number of anilines is 1. The van der Waals surface area contributed by atoms with E-state index in [-0.39, 0.29) is 11.9 Å². The number of carbonyl (C=O) groups excluding carboxylic acids is 1. The average Bonchev–Trinajstić information content (AvgIpc) is 2.84. The van der Waals surface area contributed by atoms with E-state index in [4.69, 9.17) is 4.74 Å². The molecule has 0 bridgehead atoms. The number of carbonyl (C=O) groups is 1. The van der Waals surface area contributed by atoms with Crippen molar-refractivity contribution in [1.82, 2.24) is 5.32 Å². The third-order valence-corrected chi connectivity index (χ3v) is 5.93. The fourth-order valence-electron chi connectivity index (χ4n) is 3.41. The average molecular weight is 383 g/mol. The Hall–Kier alpha value is -1.76. The minimum absolute atomic E-state index is 0.134. The molecule has 0 unspecified atom stereocenters. The lowest BCUT2D eigenvalue weighted by atomic mass is 10.1. The summed E-state index contributed by atoms with van der Waals surface area (Å²) in [6.45, 7) is 4.05. The zero-order valence-electron chi connectivity index (χ0n) is 15.9. The van der Waals surface area contributed by atoms with Gasteiger partial charge in [-0.05, 0) is 51.0 Å². The minimum Gasteiger partial charge on any atom is -0.494 e. The van der Waals surface area contributed by atoms with Gasteiger partial charge < -0.3 is 10.1 Å². The number of hydrogen-bond donors (Lipinski definition) is 1. The maximum absolute atomic E-state index is 12.7. The van der Waals surface area contributed by atoms with Crippen LogP contribution in [-0.2, 0) is 14.8 Å². The van der Waals surface area contributed by atoms with Gasteiger partial charge in [-0.2, -0.15) is 0 Å². The highest BCUT2D eigenvalue weighted by molar-refractivity contribution is 7.92. The first-order valence-corrected chi connectivity index (χ1v) is 11.2. The number of amides is 1. The molecular formula is C19H30N2O4S. The van der Waals surface area contributed by atoms with Crippen molar-refractivity contribution in [2.45, 2.75) is 64.5 Å². The Morgan fingerprint density at radius 2 is 1.77 bits per heavy atom. The molecule has 1 aromatic carbocycles. The Morgan fingerprint density at radius 3 is 2.27 bits per heavy atom. The van der Waals surface area contributed by atoms with Crippen LogP contribution in [0.4, 0.5) is 5.69 Å². The van der Waals surface area contributed by atoms with Crippen LogP contribution in [0.25, 0.3) is 0 Å². The van der Waals surface area contributed by atoms with Crippen molar-refractivity contribution < 1.29 is 17.9 Å². The maximum Gasteiger partial charge on any atom is 0.243 e. The molecule has 0 heterocycles. The summed E-state index contributed by atoms with van der Waals surface area (Å²) in [5, 5.41) is 3.04. The Bertz CT molecular complexity index is 680. The molecule has 1 aliphatic carbocycles. The van der Waals surface area contributed by atoms with Crippen molar-refractivity contribution in [3.63, 3.8) is 0 Å². The van der Waals surface area contributed by atoms with E-state index in [0.717, 1.165) is 31.9 Å². The first kappa shape index (κ1) is 20.6. The Labute approximate surface area is 157 Å². The summed E-state index contributed by atoms with van der Waals surface area (Å²) in [7, 11) is -3.60. The molecule has 1 aliphatic rings. The Morgan fingerprint density at radius 1 is 1.19 bits per heavy atom. The molecule has 1 saturated carbocycles. The highest BCUT2D eigenvalue weighted by Crippen LogP contribution is 2.24. The molecule has 0 aromatic heterocycles. The van der Waals surface area contributed by atoms with Crippen LogP contribution >= 0.6 is 0 Å². The van der Waals surface area contributed by atoms with Gasteiger partial charge in [0.2, 0.25) is 15.9 Å². The van der Waals surface area contributed by atoms with Gasteiger partial charge in [-0.25, -0.2) is 8.42 Å². The van der Waals surface area contributed by atoms with Crippen molar-refractivity contribution in [3.05, 3.63) is 24.3 Å². The van der Waals surface area contributed by atoms with Crippen LogP contribution in [0.15, 0.2) is 24.3 Å². The molecule has 1 fully saturated rings. The third kappa shape index (κ3) is 5.62. The number of sulfonamides is 1. The van der Waals surface area contributed by atoms with E-state index >= 15 is 0 Å². The van der Waals surface area contributed by atoms with Crippen LogP contribution < -0.4 is 14.4 Å². The van der Waals surface area contributed by atoms with Crippen LogP contribution in [0.1, 0.15) is 52.4 Å². The summed E-state index contributed by atoms with van der Waals surface area (Å²) in [5.74, 6) is 0.413. The SMILES string of the molecule is CCOc1ccc(N([C@H](C)C(=O)NC2CCCCCC2)S(C)(=O)=O)cc1. The van der Waals surface area contributed by atoms with E-state index < -0.39 is 16.1 Å². The highest BCUT2D eigenvalue weighted by atomic mass is 32.2. The van der Waals surface area contributed by atoms with E-state index in [1.54, 1.807) is 31.2 Å². The number of rotatable bonds is 7. The van der Waals surface area contributed by atoms with Crippen molar-refractivity contribution in [2.75, 3.05) is 17.2 Å². The fraction of sp³-hybridized carbons (Fsp3) is 0.632. The van der Waals surface area contributed by atoms with Crippen LogP contribution in [0.2, 0.25) is 0 Å². The van der Waals surface area contributed by atoms with Gasteiger partial charge in [0.05, 0.1) is 18.6 Å². The van der Waals surface area contributed by atoms with E-state index in [1.807, 2.05) is 6.92 Å². The van der Waals surface area contributed by atoms with E-state index in [9.17, 15) is 13.2 Å². The maximum atomic E-state index is 12.7. The topological polar surface area (TPSA) is 75.7 Å². The van der Waals surface area contributed by atoms with Crippen molar-refractivity contribution in [1.29, 1.82) is 0 Å². The monoisotopic (exact) mass is 382 g/mol. The zero-order valence-corrected chi connectivity index (χ0v) is 16.7. The first-order chi connectivity index (χ1) is 12.3.